The number of hydrogen-bond acceptors (Lipinski definition) is 3. The fourth-order valence-electron chi connectivity index (χ4n) is 2.72. The van der Waals surface area contributed by atoms with Gasteiger partial charge in [-0.15, -0.1) is 0 Å². The summed E-state index contributed by atoms with van der Waals surface area (Å²) < 4.78 is 41.7. The number of benzene rings is 1. The third kappa shape index (κ3) is 5.02. The molecule has 0 saturated heterocycles. The van der Waals surface area contributed by atoms with E-state index >= 15 is 0 Å². The molecule has 2 atom stereocenters. The van der Waals surface area contributed by atoms with Gasteiger partial charge in [0.2, 0.25) is 0 Å². The highest BCUT2D eigenvalue weighted by Gasteiger charge is 2.25. The Bertz CT molecular complexity index is 543. The van der Waals surface area contributed by atoms with Gasteiger partial charge in [0.15, 0.2) is 11.6 Å². The SMILES string of the molecule is O=C(Nc1ccc(OC(F)F)c(F)c1)NC1CCCCC1CO. The molecular weight excluding hydrogens is 313 g/mol. The number of carbonyl (C=O) groups excluding carboxylic acids is 1. The molecule has 2 rings (SSSR count). The molecule has 1 fully saturated rings. The van der Waals surface area contributed by atoms with Crippen molar-refractivity contribution in [2.24, 2.45) is 5.92 Å². The molecule has 8 heteroatoms. The van der Waals surface area contributed by atoms with Crippen LogP contribution in [0.25, 0.3) is 0 Å². The van der Waals surface area contributed by atoms with E-state index in [4.69, 9.17) is 0 Å². The average molecular weight is 332 g/mol. The molecule has 5 nitrogen and oxygen atoms in total. The van der Waals surface area contributed by atoms with Gasteiger partial charge in [-0.1, -0.05) is 12.8 Å². The van der Waals surface area contributed by atoms with Crippen molar-refractivity contribution in [1.82, 2.24) is 5.32 Å². The van der Waals surface area contributed by atoms with Gasteiger partial charge in [-0.05, 0) is 25.0 Å². The van der Waals surface area contributed by atoms with Crippen LogP contribution in [-0.4, -0.2) is 30.4 Å². The Balaban J connectivity index is 1.93. The Morgan fingerprint density at radius 2 is 2.09 bits per heavy atom. The molecule has 1 aromatic rings. The van der Waals surface area contributed by atoms with Crippen molar-refractivity contribution in [2.75, 3.05) is 11.9 Å². The molecule has 0 bridgehead atoms. The molecule has 3 N–H and O–H groups in total. The quantitative estimate of drug-likeness (QED) is 0.776. The van der Waals surface area contributed by atoms with Crippen LogP contribution < -0.4 is 15.4 Å². The zero-order valence-electron chi connectivity index (χ0n) is 12.4. The molecule has 128 valence electrons. The van der Waals surface area contributed by atoms with E-state index in [1.807, 2.05) is 0 Å². The lowest BCUT2D eigenvalue weighted by atomic mass is 9.85. The van der Waals surface area contributed by atoms with Gasteiger partial charge in [0.1, 0.15) is 0 Å². The molecule has 0 aliphatic heterocycles. The predicted octanol–water partition coefficient (Wildman–Crippen LogP) is 3.10. The Kier molecular flexibility index (Phi) is 6.09. The maximum atomic E-state index is 13.6. The first-order valence-electron chi connectivity index (χ1n) is 7.42. The van der Waals surface area contributed by atoms with E-state index in [2.05, 4.69) is 15.4 Å². The van der Waals surface area contributed by atoms with Crippen LogP contribution in [0.4, 0.5) is 23.7 Å². The van der Waals surface area contributed by atoms with Gasteiger partial charge in [0, 0.05) is 30.3 Å². The van der Waals surface area contributed by atoms with Crippen molar-refractivity contribution in [2.45, 2.75) is 38.3 Å². The average Bonchev–Trinajstić information content (AvgIpc) is 2.50. The smallest absolute Gasteiger partial charge is 0.387 e. The topological polar surface area (TPSA) is 70.6 Å². The van der Waals surface area contributed by atoms with Crippen LogP contribution in [0, 0.1) is 11.7 Å². The molecule has 1 aromatic carbocycles. The maximum absolute atomic E-state index is 13.6. The summed E-state index contributed by atoms with van der Waals surface area (Å²) in [5, 5.41) is 14.5. The molecule has 2 unspecified atom stereocenters. The fraction of sp³-hybridized carbons (Fsp3) is 0.533. The number of aliphatic hydroxyl groups excluding tert-OH is 1. The van der Waals surface area contributed by atoms with Crippen LogP contribution >= 0.6 is 0 Å². The first-order chi connectivity index (χ1) is 11.0. The second-order valence-corrected chi connectivity index (χ2v) is 5.46. The molecule has 0 heterocycles. The standard InChI is InChI=1S/C15H19F3N2O3/c16-11-7-10(5-6-13(11)23-14(17)18)19-15(22)20-12-4-2-1-3-9(12)8-21/h5-7,9,12,14,21H,1-4,8H2,(H2,19,20,22). The number of carbonyl (C=O) groups is 1. The number of anilines is 1. The monoisotopic (exact) mass is 332 g/mol. The molecule has 0 aromatic heterocycles. The van der Waals surface area contributed by atoms with Crippen molar-refractivity contribution < 1.29 is 27.8 Å². The summed E-state index contributed by atoms with van der Waals surface area (Å²) in [5.74, 6) is -1.57. The summed E-state index contributed by atoms with van der Waals surface area (Å²) in [4.78, 5) is 11.9. The van der Waals surface area contributed by atoms with Gasteiger partial charge in [-0.3, -0.25) is 0 Å². The molecule has 2 amide bonds. The first kappa shape index (κ1) is 17.4. The minimum absolute atomic E-state index is 0.000755. The number of hydrogen-bond donors (Lipinski definition) is 3. The lowest BCUT2D eigenvalue weighted by Crippen LogP contribution is -2.45. The highest BCUT2D eigenvalue weighted by Crippen LogP contribution is 2.25. The van der Waals surface area contributed by atoms with Gasteiger partial charge in [0.05, 0.1) is 0 Å². The Hall–Kier alpha value is -1.96. The highest BCUT2D eigenvalue weighted by molar-refractivity contribution is 5.89. The van der Waals surface area contributed by atoms with Crippen molar-refractivity contribution in [3.05, 3.63) is 24.0 Å². The number of rotatable bonds is 5. The maximum Gasteiger partial charge on any atom is 0.387 e. The van der Waals surface area contributed by atoms with E-state index in [1.165, 1.54) is 6.07 Å². The second-order valence-electron chi connectivity index (χ2n) is 5.46. The Morgan fingerprint density at radius 3 is 2.74 bits per heavy atom. The van der Waals surface area contributed by atoms with Gasteiger partial charge in [-0.25, -0.2) is 9.18 Å². The van der Waals surface area contributed by atoms with Crippen molar-refractivity contribution in [1.29, 1.82) is 0 Å². The lowest BCUT2D eigenvalue weighted by Gasteiger charge is -2.30. The van der Waals surface area contributed by atoms with Crippen molar-refractivity contribution in [3.8, 4) is 5.75 Å². The van der Waals surface area contributed by atoms with Gasteiger partial charge < -0.3 is 20.5 Å². The summed E-state index contributed by atoms with van der Waals surface area (Å²) in [6.07, 6.45) is 3.60. The molecule has 1 aliphatic rings. The molecule has 23 heavy (non-hydrogen) atoms. The van der Waals surface area contributed by atoms with Gasteiger partial charge in [-0.2, -0.15) is 8.78 Å². The summed E-state index contributed by atoms with van der Waals surface area (Å²) in [7, 11) is 0. The molecule has 1 saturated carbocycles. The first-order valence-corrected chi connectivity index (χ1v) is 7.42. The summed E-state index contributed by atoms with van der Waals surface area (Å²) >= 11 is 0. The fourth-order valence-corrected chi connectivity index (χ4v) is 2.72. The van der Waals surface area contributed by atoms with Crippen LogP contribution in [0.2, 0.25) is 0 Å². The lowest BCUT2D eigenvalue weighted by molar-refractivity contribution is -0.0521. The predicted molar refractivity (Wildman–Crippen MR) is 78.0 cm³/mol. The molecule has 1 aliphatic carbocycles. The van der Waals surface area contributed by atoms with Gasteiger partial charge >= 0.3 is 12.6 Å². The Morgan fingerprint density at radius 1 is 1.35 bits per heavy atom. The minimum atomic E-state index is -3.12. The summed E-state index contributed by atoms with van der Waals surface area (Å²) in [6, 6.07) is 2.53. The van der Waals surface area contributed by atoms with Crippen LogP contribution in [0.15, 0.2) is 18.2 Å². The molecule has 0 spiro atoms. The minimum Gasteiger partial charge on any atom is -0.432 e. The summed E-state index contributed by atoms with van der Waals surface area (Å²) in [5.41, 5.74) is 0.123. The number of amides is 2. The highest BCUT2D eigenvalue weighted by atomic mass is 19.3. The molecular formula is C15H19F3N2O3. The normalized spacial score (nSPS) is 21.1. The van der Waals surface area contributed by atoms with Crippen LogP contribution in [-0.2, 0) is 0 Å². The van der Waals surface area contributed by atoms with E-state index in [0.717, 1.165) is 37.8 Å². The summed E-state index contributed by atoms with van der Waals surface area (Å²) in [6.45, 7) is -3.12. The van der Waals surface area contributed by atoms with E-state index in [1.54, 1.807) is 0 Å². The number of aliphatic hydroxyl groups is 1. The van der Waals surface area contributed by atoms with E-state index in [-0.39, 0.29) is 24.3 Å². The van der Waals surface area contributed by atoms with E-state index < -0.39 is 24.2 Å². The van der Waals surface area contributed by atoms with Crippen molar-refractivity contribution >= 4 is 11.7 Å². The van der Waals surface area contributed by atoms with Crippen LogP contribution in [0.5, 0.6) is 5.75 Å². The number of halogens is 3. The van der Waals surface area contributed by atoms with Crippen molar-refractivity contribution in [3.63, 3.8) is 0 Å². The number of alkyl halides is 2. The largest absolute Gasteiger partial charge is 0.432 e. The zero-order chi connectivity index (χ0) is 16.8. The van der Waals surface area contributed by atoms with E-state index in [9.17, 15) is 23.1 Å². The van der Waals surface area contributed by atoms with Gasteiger partial charge in [0.25, 0.3) is 0 Å². The number of nitrogens with one attached hydrogen (secondary N) is 2. The third-order valence-electron chi connectivity index (χ3n) is 3.87. The van der Waals surface area contributed by atoms with Crippen LogP contribution in [0.1, 0.15) is 25.7 Å². The van der Waals surface area contributed by atoms with Crippen LogP contribution in [0.3, 0.4) is 0 Å². The second kappa shape index (κ2) is 8.05. The Labute approximate surface area is 131 Å². The number of ether oxygens (including phenoxy) is 1. The zero-order valence-corrected chi connectivity index (χ0v) is 12.4. The van der Waals surface area contributed by atoms with E-state index in [0.29, 0.717) is 0 Å². The third-order valence-corrected chi connectivity index (χ3v) is 3.87. The molecule has 0 radical (unpaired) electrons. The number of urea groups is 1.